The lowest BCUT2D eigenvalue weighted by atomic mass is 9.80. The molecule has 0 saturated heterocycles. The lowest BCUT2D eigenvalue weighted by Gasteiger charge is -2.31. The molecule has 0 bridgehead atoms. The van der Waals surface area contributed by atoms with Gasteiger partial charge in [0.05, 0.1) is 11.8 Å². The number of aliphatic hydroxyl groups excluding tert-OH is 1. The SMILES string of the molecule is Cc1coc(NCCC2CC(O)C2)n1. The Kier molecular flexibility index (Phi) is 2.72. The van der Waals surface area contributed by atoms with Crippen LogP contribution in [0.4, 0.5) is 6.01 Å². The molecule has 4 heteroatoms. The molecule has 0 aromatic carbocycles. The molecule has 1 aliphatic rings. The predicted molar refractivity (Wildman–Crippen MR) is 53.1 cm³/mol. The standard InChI is InChI=1S/C10H16N2O2/c1-7-6-14-10(12-7)11-3-2-8-4-9(13)5-8/h6,8-9,13H,2-5H2,1H3,(H,11,12). The number of oxazole rings is 1. The number of aromatic nitrogens is 1. The molecule has 1 aliphatic carbocycles. The summed E-state index contributed by atoms with van der Waals surface area (Å²) >= 11 is 0. The van der Waals surface area contributed by atoms with Gasteiger partial charge in [0.25, 0.3) is 6.01 Å². The van der Waals surface area contributed by atoms with Crippen LogP contribution in [0.25, 0.3) is 0 Å². The van der Waals surface area contributed by atoms with E-state index >= 15 is 0 Å². The first-order valence-corrected chi connectivity index (χ1v) is 5.08. The first-order valence-electron chi connectivity index (χ1n) is 5.08. The number of anilines is 1. The highest BCUT2D eigenvalue weighted by molar-refractivity contribution is 5.20. The smallest absolute Gasteiger partial charge is 0.294 e. The Morgan fingerprint density at radius 1 is 1.64 bits per heavy atom. The number of hydrogen-bond acceptors (Lipinski definition) is 4. The molecule has 78 valence electrons. The lowest BCUT2D eigenvalue weighted by Crippen LogP contribution is -2.29. The highest BCUT2D eigenvalue weighted by Crippen LogP contribution is 2.29. The number of rotatable bonds is 4. The van der Waals surface area contributed by atoms with Crippen molar-refractivity contribution in [1.82, 2.24) is 4.98 Å². The molecule has 1 heterocycles. The van der Waals surface area contributed by atoms with Crippen LogP contribution in [-0.2, 0) is 0 Å². The van der Waals surface area contributed by atoms with E-state index in [4.69, 9.17) is 9.52 Å². The van der Waals surface area contributed by atoms with Crippen molar-refractivity contribution in [3.8, 4) is 0 Å². The maximum Gasteiger partial charge on any atom is 0.294 e. The molecule has 1 aromatic heterocycles. The van der Waals surface area contributed by atoms with Crippen LogP contribution in [0.15, 0.2) is 10.7 Å². The highest BCUT2D eigenvalue weighted by atomic mass is 16.4. The molecule has 0 radical (unpaired) electrons. The summed E-state index contributed by atoms with van der Waals surface area (Å²) in [4.78, 5) is 4.14. The Morgan fingerprint density at radius 2 is 2.43 bits per heavy atom. The number of nitrogens with one attached hydrogen (secondary N) is 1. The van der Waals surface area contributed by atoms with Gasteiger partial charge < -0.3 is 14.8 Å². The van der Waals surface area contributed by atoms with Gasteiger partial charge in [0.1, 0.15) is 6.26 Å². The van der Waals surface area contributed by atoms with E-state index in [1.54, 1.807) is 6.26 Å². The van der Waals surface area contributed by atoms with Gasteiger partial charge >= 0.3 is 0 Å². The maximum absolute atomic E-state index is 9.09. The summed E-state index contributed by atoms with van der Waals surface area (Å²) in [6.07, 6.45) is 4.57. The van der Waals surface area contributed by atoms with Crippen LogP contribution in [0.2, 0.25) is 0 Å². The number of aryl methyl sites for hydroxylation is 1. The molecule has 0 spiro atoms. The van der Waals surface area contributed by atoms with E-state index in [0.29, 0.717) is 11.9 Å². The zero-order valence-corrected chi connectivity index (χ0v) is 8.36. The Morgan fingerprint density at radius 3 is 3.00 bits per heavy atom. The second kappa shape index (κ2) is 4.00. The molecule has 0 amide bonds. The van der Waals surface area contributed by atoms with Crippen molar-refractivity contribution in [3.05, 3.63) is 12.0 Å². The van der Waals surface area contributed by atoms with Crippen molar-refractivity contribution < 1.29 is 9.52 Å². The summed E-state index contributed by atoms with van der Waals surface area (Å²) < 4.78 is 5.15. The van der Waals surface area contributed by atoms with Gasteiger partial charge in [-0.25, -0.2) is 0 Å². The first kappa shape index (κ1) is 9.52. The molecule has 1 aromatic rings. The van der Waals surface area contributed by atoms with Crippen molar-refractivity contribution >= 4 is 6.01 Å². The predicted octanol–water partition coefficient (Wildman–Crippen LogP) is 1.56. The van der Waals surface area contributed by atoms with Crippen LogP contribution >= 0.6 is 0 Å². The number of hydrogen-bond donors (Lipinski definition) is 2. The van der Waals surface area contributed by atoms with Crippen LogP contribution in [0.5, 0.6) is 0 Å². The molecule has 14 heavy (non-hydrogen) atoms. The van der Waals surface area contributed by atoms with E-state index < -0.39 is 0 Å². The number of nitrogens with zero attached hydrogens (tertiary/aromatic N) is 1. The second-order valence-corrected chi connectivity index (χ2v) is 4.00. The zero-order valence-electron chi connectivity index (χ0n) is 8.36. The van der Waals surface area contributed by atoms with Crippen LogP contribution in [-0.4, -0.2) is 22.7 Å². The fraction of sp³-hybridized carbons (Fsp3) is 0.700. The fourth-order valence-electron chi connectivity index (χ4n) is 1.75. The molecule has 1 fully saturated rings. The Bertz CT molecular complexity index is 292. The molecule has 0 atom stereocenters. The minimum absolute atomic E-state index is 0.0519. The van der Waals surface area contributed by atoms with Gasteiger partial charge in [0.15, 0.2) is 0 Å². The average molecular weight is 196 g/mol. The average Bonchev–Trinajstić information content (AvgIpc) is 2.48. The molecule has 0 aliphatic heterocycles. The van der Waals surface area contributed by atoms with E-state index in [1.807, 2.05) is 6.92 Å². The lowest BCUT2D eigenvalue weighted by molar-refractivity contribution is 0.0407. The van der Waals surface area contributed by atoms with E-state index in [0.717, 1.165) is 31.5 Å². The summed E-state index contributed by atoms with van der Waals surface area (Å²) in [6.45, 7) is 2.77. The summed E-state index contributed by atoms with van der Waals surface area (Å²) in [6, 6.07) is 0.599. The third-order valence-corrected chi connectivity index (χ3v) is 2.66. The molecule has 1 saturated carbocycles. The Labute approximate surface area is 83.3 Å². The largest absolute Gasteiger partial charge is 0.432 e. The van der Waals surface area contributed by atoms with Gasteiger partial charge in [0.2, 0.25) is 0 Å². The minimum Gasteiger partial charge on any atom is -0.432 e. The molecule has 2 rings (SSSR count). The monoisotopic (exact) mass is 196 g/mol. The normalized spacial score (nSPS) is 25.9. The maximum atomic E-state index is 9.09. The molecule has 2 N–H and O–H groups in total. The van der Waals surface area contributed by atoms with Crippen LogP contribution in [0, 0.1) is 12.8 Å². The van der Waals surface area contributed by atoms with Gasteiger partial charge in [-0.1, -0.05) is 0 Å². The van der Waals surface area contributed by atoms with Gasteiger partial charge in [-0.15, -0.1) is 0 Å². The molecular weight excluding hydrogens is 180 g/mol. The first-order chi connectivity index (χ1) is 6.74. The van der Waals surface area contributed by atoms with Gasteiger partial charge in [-0.05, 0) is 32.1 Å². The van der Waals surface area contributed by atoms with Gasteiger partial charge in [-0.2, -0.15) is 4.98 Å². The van der Waals surface area contributed by atoms with Crippen molar-refractivity contribution in [2.45, 2.75) is 32.3 Å². The van der Waals surface area contributed by atoms with E-state index in [1.165, 1.54) is 0 Å². The Balaban J connectivity index is 1.63. The summed E-state index contributed by atoms with van der Waals surface area (Å²) in [5.41, 5.74) is 0.895. The second-order valence-electron chi connectivity index (χ2n) is 4.00. The topological polar surface area (TPSA) is 58.3 Å². The zero-order chi connectivity index (χ0) is 9.97. The van der Waals surface area contributed by atoms with E-state index in [-0.39, 0.29) is 6.10 Å². The van der Waals surface area contributed by atoms with Crippen molar-refractivity contribution in [2.75, 3.05) is 11.9 Å². The summed E-state index contributed by atoms with van der Waals surface area (Å²) in [7, 11) is 0. The van der Waals surface area contributed by atoms with Crippen molar-refractivity contribution in [3.63, 3.8) is 0 Å². The molecule has 0 unspecified atom stereocenters. The van der Waals surface area contributed by atoms with Gasteiger partial charge in [-0.3, -0.25) is 0 Å². The quantitative estimate of drug-likeness (QED) is 0.767. The third kappa shape index (κ3) is 2.26. The third-order valence-electron chi connectivity index (χ3n) is 2.66. The minimum atomic E-state index is -0.0519. The van der Waals surface area contributed by atoms with Crippen LogP contribution in [0.1, 0.15) is 25.0 Å². The Hall–Kier alpha value is -1.03. The van der Waals surface area contributed by atoms with E-state index in [2.05, 4.69) is 10.3 Å². The van der Waals surface area contributed by atoms with Crippen molar-refractivity contribution in [2.24, 2.45) is 5.92 Å². The molecular formula is C10H16N2O2. The van der Waals surface area contributed by atoms with Crippen LogP contribution < -0.4 is 5.32 Å². The summed E-state index contributed by atoms with van der Waals surface area (Å²) in [5.74, 6) is 0.675. The summed E-state index contributed by atoms with van der Waals surface area (Å²) in [5, 5.41) is 12.2. The van der Waals surface area contributed by atoms with Crippen molar-refractivity contribution in [1.29, 1.82) is 0 Å². The van der Waals surface area contributed by atoms with E-state index in [9.17, 15) is 0 Å². The number of aliphatic hydroxyl groups is 1. The van der Waals surface area contributed by atoms with Crippen LogP contribution in [0.3, 0.4) is 0 Å². The molecule has 4 nitrogen and oxygen atoms in total. The fourth-order valence-corrected chi connectivity index (χ4v) is 1.75. The highest BCUT2D eigenvalue weighted by Gasteiger charge is 2.26. The van der Waals surface area contributed by atoms with Gasteiger partial charge in [0, 0.05) is 6.54 Å².